The summed E-state index contributed by atoms with van der Waals surface area (Å²) >= 11 is 5.73. The highest BCUT2D eigenvalue weighted by Crippen LogP contribution is 2.22. The molecule has 5 nitrogen and oxygen atoms in total. The van der Waals surface area contributed by atoms with E-state index >= 15 is 0 Å². The van der Waals surface area contributed by atoms with Gasteiger partial charge in [0.15, 0.2) is 0 Å². The van der Waals surface area contributed by atoms with Gasteiger partial charge in [-0.1, -0.05) is 11.6 Å². The number of hydrogen-bond donors (Lipinski definition) is 2. The Morgan fingerprint density at radius 1 is 1.50 bits per heavy atom. The molecule has 0 unspecified atom stereocenters. The van der Waals surface area contributed by atoms with Crippen LogP contribution in [0.4, 0.5) is 10.1 Å². The summed E-state index contributed by atoms with van der Waals surface area (Å²) in [6.07, 6.45) is 1.21. The molecular formula is C9H6ClFN4O. The Bertz CT molecular complexity index is 514. The number of halogens is 2. The molecule has 0 aliphatic carbocycles. The van der Waals surface area contributed by atoms with Gasteiger partial charge in [0, 0.05) is 0 Å². The first-order valence-corrected chi connectivity index (χ1v) is 4.66. The van der Waals surface area contributed by atoms with Crippen molar-refractivity contribution in [1.82, 2.24) is 15.2 Å². The number of carbonyl (C=O) groups excluding carboxylic acids is 1. The molecule has 1 heterocycles. The fourth-order valence-electron chi connectivity index (χ4n) is 1.09. The number of anilines is 1. The minimum atomic E-state index is -0.494. The smallest absolute Gasteiger partial charge is 0.293 e. The van der Waals surface area contributed by atoms with Gasteiger partial charge in [-0.15, -0.1) is 0 Å². The van der Waals surface area contributed by atoms with E-state index in [9.17, 15) is 9.18 Å². The van der Waals surface area contributed by atoms with Crippen LogP contribution in [0.1, 0.15) is 10.6 Å². The fourth-order valence-corrected chi connectivity index (χ4v) is 1.30. The third kappa shape index (κ3) is 2.17. The predicted molar refractivity (Wildman–Crippen MR) is 55.7 cm³/mol. The van der Waals surface area contributed by atoms with Crippen molar-refractivity contribution in [2.75, 3.05) is 5.32 Å². The summed E-state index contributed by atoms with van der Waals surface area (Å²) in [5.74, 6) is -0.908. The van der Waals surface area contributed by atoms with Gasteiger partial charge in [0.2, 0.25) is 5.82 Å². The normalized spacial score (nSPS) is 10.1. The van der Waals surface area contributed by atoms with Crippen LogP contribution in [0, 0.1) is 5.82 Å². The van der Waals surface area contributed by atoms with E-state index in [1.165, 1.54) is 18.5 Å². The van der Waals surface area contributed by atoms with Crippen molar-refractivity contribution in [3.8, 4) is 0 Å². The lowest BCUT2D eigenvalue weighted by Gasteiger charge is -2.04. The standard InChI is InChI=1S/C9H6ClFN4O/c10-6-3-5(11)1-2-7(6)14-9(16)8-12-4-13-15-8/h1-4H,(H,14,16)(H,12,13,15). The van der Waals surface area contributed by atoms with E-state index < -0.39 is 11.7 Å². The summed E-state index contributed by atoms with van der Waals surface area (Å²) < 4.78 is 12.7. The molecular weight excluding hydrogens is 235 g/mol. The highest BCUT2D eigenvalue weighted by molar-refractivity contribution is 6.33. The third-order valence-corrected chi connectivity index (χ3v) is 2.12. The number of H-pyrrole nitrogens is 1. The van der Waals surface area contributed by atoms with Crippen molar-refractivity contribution >= 4 is 23.2 Å². The largest absolute Gasteiger partial charge is 0.318 e. The molecule has 2 aromatic rings. The summed E-state index contributed by atoms with van der Waals surface area (Å²) in [5, 5.41) is 8.52. The number of benzene rings is 1. The Kier molecular flexibility index (Phi) is 2.82. The minimum Gasteiger partial charge on any atom is -0.318 e. The van der Waals surface area contributed by atoms with E-state index in [0.717, 1.165) is 6.07 Å². The molecule has 1 aromatic carbocycles. The number of hydrogen-bond acceptors (Lipinski definition) is 3. The number of carbonyl (C=O) groups is 1. The lowest BCUT2D eigenvalue weighted by Crippen LogP contribution is -2.14. The lowest BCUT2D eigenvalue weighted by molar-refractivity contribution is 0.101. The maximum Gasteiger partial charge on any atom is 0.293 e. The average Bonchev–Trinajstić information content (AvgIpc) is 2.75. The molecule has 1 amide bonds. The van der Waals surface area contributed by atoms with E-state index in [0.29, 0.717) is 5.69 Å². The van der Waals surface area contributed by atoms with E-state index in [-0.39, 0.29) is 10.8 Å². The number of amides is 1. The Hall–Kier alpha value is -1.95. The molecule has 82 valence electrons. The second-order valence-electron chi connectivity index (χ2n) is 2.91. The molecule has 0 spiro atoms. The van der Waals surface area contributed by atoms with Crippen molar-refractivity contribution in [2.24, 2.45) is 0 Å². The number of aromatic amines is 1. The van der Waals surface area contributed by atoms with Crippen LogP contribution in [-0.2, 0) is 0 Å². The Morgan fingerprint density at radius 3 is 2.94 bits per heavy atom. The molecule has 0 atom stereocenters. The van der Waals surface area contributed by atoms with Gasteiger partial charge < -0.3 is 5.32 Å². The fraction of sp³-hybridized carbons (Fsp3) is 0. The van der Waals surface area contributed by atoms with Crippen LogP contribution in [0.2, 0.25) is 5.02 Å². The number of nitrogens with one attached hydrogen (secondary N) is 2. The zero-order valence-electron chi connectivity index (χ0n) is 7.87. The van der Waals surface area contributed by atoms with Crippen LogP contribution in [-0.4, -0.2) is 21.1 Å². The van der Waals surface area contributed by atoms with Gasteiger partial charge in [-0.3, -0.25) is 9.89 Å². The summed E-state index contributed by atoms with van der Waals surface area (Å²) in [4.78, 5) is 15.2. The molecule has 0 saturated carbocycles. The van der Waals surface area contributed by atoms with Crippen LogP contribution in [0.25, 0.3) is 0 Å². The molecule has 0 aliphatic heterocycles. The molecule has 0 bridgehead atoms. The topological polar surface area (TPSA) is 70.7 Å². The zero-order valence-corrected chi connectivity index (χ0v) is 8.62. The zero-order chi connectivity index (χ0) is 11.5. The summed E-state index contributed by atoms with van der Waals surface area (Å²) in [5.41, 5.74) is 0.310. The van der Waals surface area contributed by atoms with Gasteiger partial charge >= 0.3 is 0 Å². The molecule has 2 rings (SSSR count). The maximum atomic E-state index is 12.7. The number of rotatable bonds is 2. The second-order valence-corrected chi connectivity index (χ2v) is 3.32. The predicted octanol–water partition coefficient (Wildman–Crippen LogP) is 1.85. The van der Waals surface area contributed by atoms with Crippen molar-refractivity contribution < 1.29 is 9.18 Å². The molecule has 0 fully saturated rings. The molecule has 1 aromatic heterocycles. The van der Waals surface area contributed by atoms with Gasteiger partial charge in [0.1, 0.15) is 12.1 Å². The Labute approximate surface area is 94.7 Å². The van der Waals surface area contributed by atoms with E-state index in [1.54, 1.807) is 0 Å². The molecule has 7 heteroatoms. The molecule has 16 heavy (non-hydrogen) atoms. The van der Waals surface area contributed by atoms with Gasteiger partial charge in [0.05, 0.1) is 10.7 Å². The maximum absolute atomic E-state index is 12.7. The summed E-state index contributed by atoms with van der Waals surface area (Å²) in [7, 11) is 0. The van der Waals surface area contributed by atoms with Gasteiger partial charge in [-0.2, -0.15) is 5.10 Å². The monoisotopic (exact) mass is 240 g/mol. The molecule has 0 saturated heterocycles. The van der Waals surface area contributed by atoms with E-state index in [4.69, 9.17) is 11.6 Å². The highest BCUT2D eigenvalue weighted by Gasteiger charge is 2.11. The van der Waals surface area contributed by atoms with E-state index in [2.05, 4.69) is 20.5 Å². The second kappa shape index (κ2) is 4.28. The average molecular weight is 241 g/mol. The SMILES string of the molecule is O=C(Nc1ccc(F)cc1Cl)c1ncn[nH]1. The number of aromatic nitrogens is 3. The quantitative estimate of drug-likeness (QED) is 0.842. The minimum absolute atomic E-state index is 0.0559. The Balaban J connectivity index is 2.18. The van der Waals surface area contributed by atoms with Crippen molar-refractivity contribution in [2.45, 2.75) is 0 Å². The third-order valence-electron chi connectivity index (χ3n) is 1.81. The van der Waals surface area contributed by atoms with Gasteiger partial charge in [-0.25, -0.2) is 9.37 Å². The van der Waals surface area contributed by atoms with Crippen molar-refractivity contribution in [3.05, 3.63) is 41.2 Å². The highest BCUT2D eigenvalue weighted by atomic mass is 35.5. The van der Waals surface area contributed by atoms with E-state index in [1.807, 2.05) is 0 Å². The first-order chi connectivity index (χ1) is 7.66. The van der Waals surface area contributed by atoms with Crippen LogP contribution in [0.3, 0.4) is 0 Å². The summed E-state index contributed by atoms with van der Waals surface area (Å²) in [6.45, 7) is 0. The first kappa shape index (κ1) is 10.6. The number of nitrogens with zero attached hydrogens (tertiary/aromatic N) is 2. The molecule has 2 N–H and O–H groups in total. The van der Waals surface area contributed by atoms with Crippen LogP contribution < -0.4 is 5.32 Å². The lowest BCUT2D eigenvalue weighted by atomic mass is 10.3. The van der Waals surface area contributed by atoms with Crippen molar-refractivity contribution in [1.29, 1.82) is 0 Å². The van der Waals surface area contributed by atoms with Crippen LogP contribution >= 0.6 is 11.6 Å². The van der Waals surface area contributed by atoms with Gasteiger partial charge in [-0.05, 0) is 18.2 Å². The van der Waals surface area contributed by atoms with Gasteiger partial charge in [0.25, 0.3) is 5.91 Å². The van der Waals surface area contributed by atoms with Crippen LogP contribution in [0.15, 0.2) is 24.5 Å². The summed E-state index contributed by atoms with van der Waals surface area (Å²) in [6, 6.07) is 3.67. The molecule has 0 aliphatic rings. The Morgan fingerprint density at radius 2 is 2.31 bits per heavy atom. The van der Waals surface area contributed by atoms with Crippen LogP contribution in [0.5, 0.6) is 0 Å². The molecule has 0 radical (unpaired) electrons. The first-order valence-electron chi connectivity index (χ1n) is 4.28. The van der Waals surface area contributed by atoms with Crippen molar-refractivity contribution in [3.63, 3.8) is 0 Å².